The zero-order valence-electron chi connectivity index (χ0n) is 6.43. The molecule has 1 radical (unpaired) electrons. The van der Waals surface area contributed by atoms with Crippen LogP contribution in [0.3, 0.4) is 0 Å². The lowest BCUT2D eigenvalue weighted by atomic mass is 10.1. The van der Waals surface area contributed by atoms with Gasteiger partial charge in [0.25, 0.3) is 0 Å². The first-order valence-corrected chi connectivity index (χ1v) is 3.86. The van der Waals surface area contributed by atoms with E-state index in [0.29, 0.717) is 5.88 Å². The van der Waals surface area contributed by atoms with Crippen molar-refractivity contribution in [1.82, 2.24) is 0 Å². The Bertz CT molecular complexity index is 245. The molecule has 0 aliphatic heterocycles. The largest absolute Gasteiger partial charge is 0.496 e. The number of rotatable bonds is 2. The van der Waals surface area contributed by atoms with Crippen molar-refractivity contribution >= 4 is 11.6 Å². The Morgan fingerprint density at radius 1 is 1.55 bits per heavy atom. The van der Waals surface area contributed by atoms with Crippen molar-refractivity contribution < 1.29 is 4.74 Å². The highest BCUT2D eigenvalue weighted by atomic mass is 35.5. The summed E-state index contributed by atoms with van der Waals surface area (Å²) in [5.41, 5.74) is 1.95. The Labute approximate surface area is 71.9 Å². The predicted octanol–water partition coefficient (Wildman–Crippen LogP) is 2.62. The molecule has 0 N–H and O–H groups in total. The zero-order chi connectivity index (χ0) is 8.27. The summed E-state index contributed by atoms with van der Waals surface area (Å²) in [5.74, 6) is 1.32. The second-order valence-electron chi connectivity index (χ2n) is 2.28. The van der Waals surface area contributed by atoms with E-state index in [4.69, 9.17) is 16.3 Å². The molecule has 1 nitrogen and oxygen atoms in total. The molecule has 59 valence electrons. The maximum absolute atomic E-state index is 5.63. The fourth-order valence-corrected chi connectivity index (χ4v) is 1.08. The minimum atomic E-state index is 0.520. The molecule has 0 aliphatic carbocycles. The van der Waals surface area contributed by atoms with Gasteiger partial charge < -0.3 is 4.74 Å². The molecular formula is C9H10ClO. The summed E-state index contributed by atoms with van der Waals surface area (Å²) in [6.07, 6.45) is 0. The normalized spacial score (nSPS) is 9.73. The summed E-state index contributed by atoms with van der Waals surface area (Å²) < 4.78 is 5.04. The van der Waals surface area contributed by atoms with Crippen molar-refractivity contribution in [3.05, 3.63) is 36.2 Å². The van der Waals surface area contributed by atoms with Crippen LogP contribution in [0.1, 0.15) is 11.1 Å². The summed E-state index contributed by atoms with van der Waals surface area (Å²) in [6.45, 7) is 3.82. The molecule has 0 atom stereocenters. The van der Waals surface area contributed by atoms with Gasteiger partial charge in [0.2, 0.25) is 0 Å². The third kappa shape index (κ3) is 1.87. The van der Waals surface area contributed by atoms with Gasteiger partial charge in [-0.25, -0.2) is 0 Å². The van der Waals surface area contributed by atoms with E-state index in [2.05, 4.69) is 6.92 Å². The number of ether oxygens (including phenoxy) is 1. The third-order valence-electron chi connectivity index (χ3n) is 1.50. The summed E-state index contributed by atoms with van der Waals surface area (Å²) in [4.78, 5) is 0. The predicted molar refractivity (Wildman–Crippen MR) is 47.0 cm³/mol. The third-order valence-corrected chi connectivity index (χ3v) is 1.81. The molecule has 11 heavy (non-hydrogen) atoms. The summed E-state index contributed by atoms with van der Waals surface area (Å²) in [5, 5.41) is 0. The van der Waals surface area contributed by atoms with Crippen LogP contribution in [0.5, 0.6) is 5.75 Å². The summed E-state index contributed by atoms with van der Waals surface area (Å²) >= 11 is 5.63. The lowest BCUT2D eigenvalue weighted by Gasteiger charge is -2.04. The molecule has 0 saturated carbocycles. The molecule has 1 rings (SSSR count). The number of benzene rings is 1. The van der Waals surface area contributed by atoms with Crippen LogP contribution in [0.25, 0.3) is 0 Å². The van der Waals surface area contributed by atoms with Crippen molar-refractivity contribution in [3.8, 4) is 5.75 Å². The van der Waals surface area contributed by atoms with E-state index >= 15 is 0 Å². The highest BCUT2D eigenvalue weighted by molar-refractivity contribution is 6.17. The van der Waals surface area contributed by atoms with Crippen molar-refractivity contribution in [1.29, 1.82) is 0 Å². The number of methoxy groups -OCH3 is 1. The summed E-state index contributed by atoms with van der Waals surface area (Å²) in [6, 6.07) is 5.73. The number of hydrogen-bond acceptors (Lipinski definition) is 1. The van der Waals surface area contributed by atoms with Gasteiger partial charge in [0.1, 0.15) is 5.75 Å². The van der Waals surface area contributed by atoms with Crippen molar-refractivity contribution in [3.63, 3.8) is 0 Å². The van der Waals surface area contributed by atoms with E-state index in [0.717, 1.165) is 16.9 Å². The molecule has 0 saturated heterocycles. The van der Waals surface area contributed by atoms with Crippen LogP contribution in [0.2, 0.25) is 0 Å². The number of hydrogen-bond donors (Lipinski definition) is 0. The molecule has 0 heterocycles. The van der Waals surface area contributed by atoms with Crippen LogP contribution in [-0.2, 0) is 5.88 Å². The molecule has 0 unspecified atom stereocenters. The van der Waals surface area contributed by atoms with E-state index < -0.39 is 0 Å². The van der Waals surface area contributed by atoms with Crippen LogP contribution in [0, 0.1) is 6.92 Å². The Morgan fingerprint density at radius 2 is 2.27 bits per heavy atom. The SMILES string of the molecule is [CH2]c1cc(CCl)ccc1OC. The molecule has 0 aliphatic rings. The lowest BCUT2D eigenvalue weighted by molar-refractivity contribution is 0.413. The first-order valence-electron chi connectivity index (χ1n) is 3.32. The van der Waals surface area contributed by atoms with Gasteiger partial charge in [-0.15, -0.1) is 11.6 Å². The second-order valence-corrected chi connectivity index (χ2v) is 2.55. The van der Waals surface area contributed by atoms with Gasteiger partial charge in [0, 0.05) is 5.88 Å². The Kier molecular flexibility index (Phi) is 2.77. The molecule has 0 amide bonds. The van der Waals surface area contributed by atoms with Gasteiger partial charge in [0.05, 0.1) is 7.11 Å². The van der Waals surface area contributed by atoms with Gasteiger partial charge in [-0.05, 0) is 24.1 Å². The smallest absolute Gasteiger partial charge is 0.122 e. The number of halogens is 1. The minimum absolute atomic E-state index is 0.520. The minimum Gasteiger partial charge on any atom is -0.496 e. The Hall–Kier alpha value is -0.690. The zero-order valence-corrected chi connectivity index (χ0v) is 7.19. The molecule has 1 aromatic carbocycles. The van der Waals surface area contributed by atoms with Crippen molar-refractivity contribution in [2.24, 2.45) is 0 Å². The molecule has 0 aromatic heterocycles. The maximum atomic E-state index is 5.63. The molecular weight excluding hydrogens is 160 g/mol. The van der Waals surface area contributed by atoms with E-state index in [1.54, 1.807) is 7.11 Å². The van der Waals surface area contributed by atoms with E-state index in [1.165, 1.54) is 0 Å². The van der Waals surface area contributed by atoms with Crippen LogP contribution in [-0.4, -0.2) is 7.11 Å². The maximum Gasteiger partial charge on any atom is 0.122 e. The molecule has 0 fully saturated rings. The lowest BCUT2D eigenvalue weighted by Crippen LogP contribution is -1.87. The quantitative estimate of drug-likeness (QED) is 0.619. The molecule has 0 spiro atoms. The number of alkyl halides is 1. The van der Waals surface area contributed by atoms with Gasteiger partial charge in [-0.2, -0.15) is 0 Å². The average Bonchev–Trinajstić information content (AvgIpc) is 2.04. The van der Waals surface area contributed by atoms with Gasteiger partial charge in [0.15, 0.2) is 0 Å². The van der Waals surface area contributed by atoms with Gasteiger partial charge >= 0.3 is 0 Å². The van der Waals surface area contributed by atoms with Gasteiger partial charge in [-0.3, -0.25) is 0 Å². The highest BCUT2D eigenvalue weighted by Crippen LogP contribution is 2.18. The van der Waals surface area contributed by atoms with Crippen molar-refractivity contribution in [2.45, 2.75) is 5.88 Å². The first kappa shape index (κ1) is 8.41. The first-order chi connectivity index (χ1) is 5.27. The second kappa shape index (κ2) is 3.63. The summed E-state index contributed by atoms with van der Waals surface area (Å²) in [7, 11) is 1.63. The monoisotopic (exact) mass is 169 g/mol. The molecule has 1 aromatic rings. The highest BCUT2D eigenvalue weighted by Gasteiger charge is 1.97. The van der Waals surface area contributed by atoms with E-state index in [-0.39, 0.29) is 0 Å². The fourth-order valence-electron chi connectivity index (χ4n) is 0.915. The van der Waals surface area contributed by atoms with Crippen molar-refractivity contribution in [2.75, 3.05) is 7.11 Å². The van der Waals surface area contributed by atoms with Gasteiger partial charge in [-0.1, -0.05) is 12.1 Å². The van der Waals surface area contributed by atoms with Crippen LogP contribution >= 0.6 is 11.6 Å². The molecule has 2 heteroatoms. The Balaban J connectivity index is 2.99. The van der Waals surface area contributed by atoms with Crippen LogP contribution in [0.4, 0.5) is 0 Å². The average molecular weight is 170 g/mol. The van der Waals surface area contributed by atoms with E-state index in [9.17, 15) is 0 Å². The standard InChI is InChI=1S/C9H10ClO/c1-7-5-8(6-10)3-4-9(7)11-2/h3-5H,1,6H2,2H3. The topological polar surface area (TPSA) is 9.23 Å². The Morgan fingerprint density at radius 3 is 2.73 bits per heavy atom. The molecule has 0 bridgehead atoms. The van der Waals surface area contributed by atoms with E-state index in [1.807, 2.05) is 18.2 Å². The fraction of sp³-hybridized carbons (Fsp3) is 0.222. The van der Waals surface area contributed by atoms with Crippen LogP contribution in [0.15, 0.2) is 18.2 Å². The van der Waals surface area contributed by atoms with Crippen LogP contribution < -0.4 is 4.74 Å².